The number of aromatic nitrogens is 3. The minimum atomic E-state index is 0.0117. The molecular weight excluding hydrogens is 266 g/mol. The first-order valence-electron chi connectivity index (χ1n) is 7.25. The van der Waals surface area contributed by atoms with Crippen LogP contribution in [0, 0.1) is 0 Å². The zero-order valence-corrected chi connectivity index (χ0v) is 12.1. The molecule has 0 bridgehead atoms. The number of anilines is 1. The maximum atomic E-state index is 12.4. The van der Waals surface area contributed by atoms with Gasteiger partial charge in [-0.05, 0) is 31.5 Å². The van der Waals surface area contributed by atoms with Crippen molar-refractivity contribution in [3.05, 3.63) is 42.5 Å². The third kappa shape index (κ3) is 3.04. The second-order valence-corrected chi connectivity index (χ2v) is 5.18. The van der Waals surface area contributed by atoms with Gasteiger partial charge < -0.3 is 10.2 Å². The van der Waals surface area contributed by atoms with Crippen molar-refractivity contribution in [2.45, 2.75) is 25.9 Å². The first kappa shape index (κ1) is 13.6. The maximum absolute atomic E-state index is 12.4. The minimum absolute atomic E-state index is 0.0117. The molecule has 0 unspecified atom stereocenters. The molecule has 1 amide bonds. The molecule has 0 aliphatic carbocycles. The van der Waals surface area contributed by atoms with Crippen molar-refractivity contribution in [3.8, 4) is 0 Å². The Hall–Kier alpha value is -2.37. The standard InChI is InChI=1S/C15H19N5O/c1-2-20-9-6-14(18-20)15(21)19-8-5-13(11-19)17-12-4-3-7-16-10-12/h3-4,6-7,9-10,13,17H,2,5,8,11H2,1H3/t13-/m0/s1. The molecular formula is C15H19N5O. The summed E-state index contributed by atoms with van der Waals surface area (Å²) in [6, 6.07) is 5.94. The van der Waals surface area contributed by atoms with Gasteiger partial charge in [0.1, 0.15) is 5.69 Å². The van der Waals surface area contributed by atoms with Gasteiger partial charge >= 0.3 is 0 Å². The molecule has 110 valence electrons. The summed E-state index contributed by atoms with van der Waals surface area (Å²) in [5.41, 5.74) is 1.52. The van der Waals surface area contributed by atoms with E-state index in [4.69, 9.17) is 0 Å². The first-order chi connectivity index (χ1) is 10.3. The lowest BCUT2D eigenvalue weighted by Crippen LogP contribution is -2.32. The van der Waals surface area contributed by atoms with Gasteiger partial charge in [-0.25, -0.2) is 0 Å². The van der Waals surface area contributed by atoms with Crippen molar-refractivity contribution in [1.29, 1.82) is 0 Å². The second-order valence-electron chi connectivity index (χ2n) is 5.18. The summed E-state index contributed by atoms with van der Waals surface area (Å²) in [4.78, 5) is 18.3. The van der Waals surface area contributed by atoms with Crippen molar-refractivity contribution >= 4 is 11.6 Å². The smallest absolute Gasteiger partial charge is 0.274 e. The third-order valence-electron chi connectivity index (χ3n) is 3.69. The van der Waals surface area contributed by atoms with Crippen LogP contribution in [-0.2, 0) is 6.54 Å². The zero-order chi connectivity index (χ0) is 14.7. The average molecular weight is 285 g/mol. The number of aryl methyl sites for hydroxylation is 1. The Morgan fingerprint density at radius 1 is 1.48 bits per heavy atom. The van der Waals surface area contributed by atoms with Crippen LogP contribution in [0.1, 0.15) is 23.8 Å². The van der Waals surface area contributed by atoms with E-state index in [1.54, 1.807) is 23.1 Å². The van der Waals surface area contributed by atoms with E-state index in [0.717, 1.165) is 25.2 Å². The van der Waals surface area contributed by atoms with Gasteiger partial charge in [-0.15, -0.1) is 0 Å². The van der Waals surface area contributed by atoms with Gasteiger partial charge in [-0.3, -0.25) is 14.5 Å². The van der Waals surface area contributed by atoms with E-state index < -0.39 is 0 Å². The second kappa shape index (κ2) is 5.95. The normalized spacial score (nSPS) is 18.0. The lowest BCUT2D eigenvalue weighted by molar-refractivity contribution is 0.0785. The lowest BCUT2D eigenvalue weighted by Gasteiger charge is -2.16. The fourth-order valence-corrected chi connectivity index (χ4v) is 2.56. The number of hydrogen-bond acceptors (Lipinski definition) is 4. The van der Waals surface area contributed by atoms with Crippen LogP contribution in [0.15, 0.2) is 36.8 Å². The molecule has 1 atom stereocenters. The number of rotatable bonds is 4. The van der Waals surface area contributed by atoms with Gasteiger partial charge in [-0.2, -0.15) is 5.10 Å². The highest BCUT2D eigenvalue weighted by atomic mass is 16.2. The van der Waals surface area contributed by atoms with E-state index in [1.165, 1.54) is 0 Å². The highest BCUT2D eigenvalue weighted by Crippen LogP contribution is 2.16. The molecule has 1 saturated heterocycles. The van der Waals surface area contributed by atoms with Gasteiger partial charge in [0.05, 0.1) is 5.69 Å². The quantitative estimate of drug-likeness (QED) is 0.927. The maximum Gasteiger partial charge on any atom is 0.274 e. The molecule has 0 spiro atoms. The predicted octanol–water partition coefficient (Wildman–Crippen LogP) is 1.62. The predicted molar refractivity (Wildman–Crippen MR) is 80.1 cm³/mol. The molecule has 2 aromatic rings. The molecule has 3 rings (SSSR count). The van der Waals surface area contributed by atoms with Crippen LogP contribution in [0.2, 0.25) is 0 Å². The Kier molecular flexibility index (Phi) is 3.85. The Labute approximate surface area is 123 Å². The van der Waals surface area contributed by atoms with E-state index >= 15 is 0 Å². The van der Waals surface area contributed by atoms with Gasteiger partial charge in [0, 0.05) is 44.3 Å². The van der Waals surface area contributed by atoms with Gasteiger partial charge in [-0.1, -0.05) is 0 Å². The van der Waals surface area contributed by atoms with Crippen LogP contribution in [-0.4, -0.2) is 44.7 Å². The van der Waals surface area contributed by atoms with Crippen LogP contribution in [0.3, 0.4) is 0 Å². The fourth-order valence-electron chi connectivity index (χ4n) is 2.56. The van der Waals surface area contributed by atoms with Crippen molar-refractivity contribution in [2.75, 3.05) is 18.4 Å². The number of nitrogens with one attached hydrogen (secondary N) is 1. The average Bonchev–Trinajstić information content (AvgIpc) is 3.16. The Balaban J connectivity index is 1.60. The van der Waals surface area contributed by atoms with Gasteiger partial charge in [0.2, 0.25) is 0 Å². The molecule has 3 heterocycles. The summed E-state index contributed by atoms with van der Waals surface area (Å²) < 4.78 is 1.77. The highest BCUT2D eigenvalue weighted by molar-refractivity contribution is 5.92. The lowest BCUT2D eigenvalue weighted by atomic mass is 10.2. The number of likely N-dealkylation sites (tertiary alicyclic amines) is 1. The van der Waals surface area contributed by atoms with E-state index in [0.29, 0.717) is 12.2 Å². The SMILES string of the molecule is CCn1ccc(C(=O)N2CC[C@H](Nc3cccnc3)C2)n1. The molecule has 6 nitrogen and oxygen atoms in total. The largest absolute Gasteiger partial charge is 0.379 e. The molecule has 0 radical (unpaired) electrons. The van der Waals surface area contributed by atoms with Crippen molar-refractivity contribution < 1.29 is 4.79 Å². The number of nitrogens with zero attached hydrogens (tertiary/aromatic N) is 4. The van der Waals surface area contributed by atoms with Gasteiger partial charge in [0.15, 0.2) is 0 Å². The summed E-state index contributed by atoms with van der Waals surface area (Å²) in [6.07, 6.45) is 6.33. The summed E-state index contributed by atoms with van der Waals surface area (Å²) in [7, 11) is 0. The van der Waals surface area contributed by atoms with E-state index in [-0.39, 0.29) is 11.9 Å². The topological polar surface area (TPSA) is 63.1 Å². The summed E-state index contributed by atoms with van der Waals surface area (Å²) in [5, 5.41) is 7.69. The number of amides is 1. The molecule has 21 heavy (non-hydrogen) atoms. The van der Waals surface area contributed by atoms with Crippen LogP contribution in [0.5, 0.6) is 0 Å². The third-order valence-corrected chi connectivity index (χ3v) is 3.69. The van der Waals surface area contributed by atoms with Crippen LogP contribution < -0.4 is 5.32 Å². The van der Waals surface area contributed by atoms with Crippen LogP contribution >= 0.6 is 0 Å². The Morgan fingerprint density at radius 2 is 2.38 bits per heavy atom. The Bertz CT molecular complexity index is 610. The summed E-state index contributed by atoms with van der Waals surface area (Å²) in [6.45, 7) is 4.24. The van der Waals surface area contributed by atoms with Crippen LogP contribution in [0.4, 0.5) is 5.69 Å². The van der Waals surface area contributed by atoms with Crippen molar-refractivity contribution in [3.63, 3.8) is 0 Å². The number of carbonyl (C=O) groups excluding carboxylic acids is 1. The highest BCUT2D eigenvalue weighted by Gasteiger charge is 2.28. The summed E-state index contributed by atoms with van der Waals surface area (Å²) in [5.74, 6) is 0.0117. The monoisotopic (exact) mass is 285 g/mol. The Morgan fingerprint density at radius 3 is 3.10 bits per heavy atom. The molecule has 0 aromatic carbocycles. The van der Waals surface area contributed by atoms with Crippen molar-refractivity contribution in [1.82, 2.24) is 19.7 Å². The van der Waals surface area contributed by atoms with Gasteiger partial charge in [0.25, 0.3) is 5.91 Å². The van der Waals surface area contributed by atoms with E-state index in [9.17, 15) is 4.79 Å². The van der Waals surface area contributed by atoms with E-state index in [2.05, 4.69) is 15.4 Å². The molecule has 0 saturated carbocycles. The number of carbonyl (C=O) groups is 1. The molecule has 1 N–H and O–H groups in total. The summed E-state index contributed by atoms with van der Waals surface area (Å²) >= 11 is 0. The number of pyridine rings is 1. The first-order valence-corrected chi connectivity index (χ1v) is 7.25. The molecule has 1 aliphatic heterocycles. The molecule has 6 heteroatoms. The fraction of sp³-hybridized carbons (Fsp3) is 0.400. The number of hydrogen-bond donors (Lipinski definition) is 1. The minimum Gasteiger partial charge on any atom is -0.379 e. The van der Waals surface area contributed by atoms with Crippen LogP contribution in [0.25, 0.3) is 0 Å². The zero-order valence-electron chi connectivity index (χ0n) is 12.1. The molecule has 1 aliphatic rings. The van der Waals surface area contributed by atoms with E-state index in [1.807, 2.05) is 30.2 Å². The molecule has 1 fully saturated rings. The molecule has 2 aromatic heterocycles. The van der Waals surface area contributed by atoms with Crippen molar-refractivity contribution in [2.24, 2.45) is 0 Å².